The maximum Gasteiger partial charge on any atom is 0.196 e. The van der Waals surface area contributed by atoms with E-state index in [1.807, 2.05) is 30.5 Å². The first kappa shape index (κ1) is 13.5. The largest absolute Gasteiger partial charge is 0.330 e. The summed E-state index contributed by atoms with van der Waals surface area (Å²) in [5.74, 6) is 0.0198. The van der Waals surface area contributed by atoms with Crippen molar-refractivity contribution in [1.82, 2.24) is 9.78 Å². The topological polar surface area (TPSA) is 60.9 Å². The number of ketones is 1. The van der Waals surface area contributed by atoms with Gasteiger partial charge in [-0.1, -0.05) is 31.2 Å². The van der Waals surface area contributed by atoms with Gasteiger partial charge in [0, 0.05) is 18.3 Å². The van der Waals surface area contributed by atoms with Crippen LogP contribution in [0.5, 0.6) is 0 Å². The third-order valence-electron chi connectivity index (χ3n) is 3.02. The smallest absolute Gasteiger partial charge is 0.196 e. The van der Waals surface area contributed by atoms with Crippen molar-refractivity contribution in [2.75, 3.05) is 6.54 Å². The van der Waals surface area contributed by atoms with Gasteiger partial charge in [0.05, 0.1) is 11.8 Å². The Morgan fingerprint density at radius 3 is 2.89 bits per heavy atom. The first-order valence-corrected chi connectivity index (χ1v) is 6.61. The normalized spacial score (nSPS) is 10.6. The second-order valence-electron chi connectivity index (χ2n) is 4.52. The number of carbonyl (C=O) groups excluding carboxylic acids is 1. The number of carbonyl (C=O) groups is 1. The molecule has 4 nitrogen and oxygen atoms in total. The van der Waals surface area contributed by atoms with Crippen LogP contribution in [0, 0.1) is 0 Å². The van der Waals surface area contributed by atoms with E-state index >= 15 is 0 Å². The number of hydrogen-bond donors (Lipinski definition) is 1. The molecule has 0 aliphatic carbocycles. The molecule has 0 radical (unpaired) electrons. The van der Waals surface area contributed by atoms with Gasteiger partial charge in [0.15, 0.2) is 5.78 Å². The van der Waals surface area contributed by atoms with Gasteiger partial charge in [-0.2, -0.15) is 5.10 Å². The maximum absolute atomic E-state index is 12.5. The monoisotopic (exact) mass is 257 g/mol. The van der Waals surface area contributed by atoms with Gasteiger partial charge in [-0.3, -0.25) is 9.48 Å². The quantitative estimate of drug-likeness (QED) is 0.805. The number of benzene rings is 1. The number of aromatic nitrogens is 2. The second-order valence-corrected chi connectivity index (χ2v) is 4.52. The van der Waals surface area contributed by atoms with Crippen LogP contribution in [0.3, 0.4) is 0 Å². The maximum atomic E-state index is 12.5. The average Bonchev–Trinajstić information content (AvgIpc) is 2.88. The van der Waals surface area contributed by atoms with E-state index in [2.05, 4.69) is 12.0 Å². The van der Waals surface area contributed by atoms with Crippen LogP contribution in [0.15, 0.2) is 36.7 Å². The summed E-state index contributed by atoms with van der Waals surface area (Å²) in [4.78, 5) is 12.5. The van der Waals surface area contributed by atoms with Crippen LogP contribution in [0.25, 0.3) is 0 Å². The molecule has 2 N–H and O–H groups in total. The van der Waals surface area contributed by atoms with Gasteiger partial charge in [0.25, 0.3) is 0 Å². The minimum atomic E-state index is 0.0198. The van der Waals surface area contributed by atoms with Crippen LogP contribution in [-0.4, -0.2) is 22.1 Å². The summed E-state index contributed by atoms with van der Waals surface area (Å²) >= 11 is 0. The van der Waals surface area contributed by atoms with Crippen molar-refractivity contribution in [3.05, 3.63) is 53.3 Å². The summed E-state index contributed by atoms with van der Waals surface area (Å²) in [6, 6.07) is 7.62. The number of aryl methyl sites for hydroxylation is 1. The average molecular weight is 257 g/mol. The lowest BCUT2D eigenvalue weighted by molar-refractivity contribution is 0.103. The van der Waals surface area contributed by atoms with Crippen LogP contribution in [0.1, 0.15) is 34.8 Å². The molecule has 19 heavy (non-hydrogen) atoms. The molecule has 0 spiro atoms. The molecule has 2 aromatic rings. The predicted octanol–water partition coefficient (Wildman–Crippen LogP) is 2.03. The molecule has 0 bridgehead atoms. The summed E-state index contributed by atoms with van der Waals surface area (Å²) in [6.45, 7) is 3.46. The first-order valence-electron chi connectivity index (χ1n) is 6.61. The Balaban J connectivity index is 2.27. The highest BCUT2D eigenvalue weighted by Crippen LogP contribution is 2.14. The summed E-state index contributed by atoms with van der Waals surface area (Å²) in [6.07, 6.45) is 5.16. The standard InChI is InChI=1S/C15H19N3O/c1-2-9-18-11-13(10-17-18)15(19)14-6-4-3-5-12(14)7-8-16/h3-6,10-11H,2,7-9,16H2,1H3. The van der Waals surface area contributed by atoms with Crippen molar-refractivity contribution in [2.24, 2.45) is 5.73 Å². The molecular weight excluding hydrogens is 238 g/mol. The Morgan fingerprint density at radius 2 is 2.16 bits per heavy atom. The number of rotatable bonds is 6. The summed E-state index contributed by atoms with van der Waals surface area (Å²) < 4.78 is 1.80. The van der Waals surface area contributed by atoms with Gasteiger partial charge >= 0.3 is 0 Å². The van der Waals surface area contributed by atoms with E-state index in [9.17, 15) is 4.79 Å². The van der Waals surface area contributed by atoms with Crippen molar-refractivity contribution in [3.63, 3.8) is 0 Å². The van der Waals surface area contributed by atoms with E-state index in [0.29, 0.717) is 18.5 Å². The third-order valence-corrected chi connectivity index (χ3v) is 3.02. The lowest BCUT2D eigenvalue weighted by atomic mass is 9.98. The van der Waals surface area contributed by atoms with E-state index in [4.69, 9.17) is 5.73 Å². The summed E-state index contributed by atoms with van der Waals surface area (Å²) in [5, 5.41) is 4.20. The minimum absolute atomic E-state index is 0.0198. The van der Waals surface area contributed by atoms with Gasteiger partial charge in [0.1, 0.15) is 0 Å². The fraction of sp³-hybridized carbons (Fsp3) is 0.333. The highest BCUT2D eigenvalue weighted by Gasteiger charge is 2.14. The van der Waals surface area contributed by atoms with Gasteiger partial charge in [0.2, 0.25) is 0 Å². The fourth-order valence-corrected chi connectivity index (χ4v) is 2.10. The van der Waals surface area contributed by atoms with Crippen LogP contribution in [0.2, 0.25) is 0 Å². The highest BCUT2D eigenvalue weighted by molar-refractivity contribution is 6.09. The molecule has 0 saturated heterocycles. The molecule has 0 amide bonds. The zero-order valence-electron chi connectivity index (χ0n) is 11.2. The molecule has 1 aromatic carbocycles. The van der Waals surface area contributed by atoms with Crippen molar-refractivity contribution >= 4 is 5.78 Å². The van der Waals surface area contributed by atoms with E-state index < -0.39 is 0 Å². The third kappa shape index (κ3) is 3.09. The minimum Gasteiger partial charge on any atom is -0.330 e. The summed E-state index contributed by atoms with van der Waals surface area (Å²) in [7, 11) is 0. The Labute approximate surface area is 113 Å². The number of nitrogens with zero attached hydrogens (tertiary/aromatic N) is 2. The Morgan fingerprint density at radius 1 is 1.37 bits per heavy atom. The van der Waals surface area contributed by atoms with Crippen LogP contribution in [0.4, 0.5) is 0 Å². The Bertz CT molecular complexity index is 560. The lowest BCUT2D eigenvalue weighted by Gasteiger charge is -2.06. The van der Waals surface area contributed by atoms with Crippen molar-refractivity contribution in [1.29, 1.82) is 0 Å². The van der Waals surface area contributed by atoms with Crippen LogP contribution < -0.4 is 5.73 Å². The van der Waals surface area contributed by atoms with Crippen molar-refractivity contribution in [3.8, 4) is 0 Å². The second kappa shape index (κ2) is 6.29. The van der Waals surface area contributed by atoms with Crippen LogP contribution >= 0.6 is 0 Å². The fourth-order valence-electron chi connectivity index (χ4n) is 2.10. The highest BCUT2D eigenvalue weighted by atomic mass is 16.1. The summed E-state index contributed by atoms with van der Waals surface area (Å²) in [5.41, 5.74) is 7.95. The zero-order valence-corrected chi connectivity index (χ0v) is 11.2. The molecule has 0 saturated carbocycles. The molecule has 1 aromatic heterocycles. The molecule has 4 heteroatoms. The van der Waals surface area contributed by atoms with Gasteiger partial charge in [-0.15, -0.1) is 0 Å². The van der Waals surface area contributed by atoms with Crippen LogP contribution in [-0.2, 0) is 13.0 Å². The van der Waals surface area contributed by atoms with Crippen molar-refractivity contribution < 1.29 is 4.79 Å². The molecule has 0 fully saturated rings. The molecular formula is C15H19N3O. The molecule has 100 valence electrons. The lowest BCUT2D eigenvalue weighted by Crippen LogP contribution is -2.09. The number of nitrogens with two attached hydrogens (primary N) is 1. The Hall–Kier alpha value is -1.94. The van der Waals surface area contributed by atoms with Gasteiger partial charge in [-0.05, 0) is 24.9 Å². The molecule has 0 aliphatic rings. The molecule has 0 atom stereocenters. The van der Waals surface area contributed by atoms with Gasteiger partial charge < -0.3 is 5.73 Å². The van der Waals surface area contributed by atoms with Gasteiger partial charge in [-0.25, -0.2) is 0 Å². The Kier molecular flexibility index (Phi) is 4.47. The molecule has 0 aliphatic heterocycles. The van der Waals surface area contributed by atoms with E-state index in [-0.39, 0.29) is 5.78 Å². The first-order chi connectivity index (χ1) is 9.26. The number of hydrogen-bond acceptors (Lipinski definition) is 3. The van der Waals surface area contributed by atoms with E-state index in [1.165, 1.54) is 0 Å². The van der Waals surface area contributed by atoms with E-state index in [1.54, 1.807) is 10.9 Å². The van der Waals surface area contributed by atoms with E-state index in [0.717, 1.165) is 24.1 Å². The molecule has 0 unspecified atom stereocenters. The molecule has 2 rings (SSSR count). The zero-order chi connectivity index (χ0) is 13.7. The SMILES string of the molecule is CCCn1cc(C(=O)c2ccccc2CCN)cn1. The molecule has 1 heterocycles. The van der Waals surface area contributed by atoms with Crippen molar-refractivity contribution in [2.45, 2.75) is 26.3 Å². The predicted molar refractivity (Wildman–Crippen MR) is 75.2 cm³/mol.